The van der Waals surface area contributed by atoms with Gasteiger partial charge in [-0.25, -0.2) is 8.42 Å². The van der Waals surface area contributed by atoms with Gasteiger partial charge in [0.05, 0.1) is 20.1 Å². The number of halogens is 1. The third kappa shape index (κ3) is 4.02. The molecule has 1 aromatic heterocycles. The predicted molar refractivity (Wildman–Crippen MR) is 119 cm³/mol. The van der Waals surface area contributed by atoms with E-state index in [9.17, 15) is 13.2 Å². The topological polar surface area (TPSA) is 80.5 Å². The summed E-state index contributed by atoms with van der Waals surface area (Å²) >= 11 is 7.61. The van der Waals surface area contributed by atoms with E-state index in [0.29, 0.717) is 9.82 Å². The van der Waals surface area contributed by atoms with Crippen LogP contribution in [0.15, 0.2) is 82.7 Å². The van der Waals surface area contributed by atoms with Crippen LogP contribution < -0.4 is 9.52 Å². The molecule has 0 aliphatic carbocycles. The number of fused-ring (bicyclic) bond motifs is 1. The minimum absolute atomic E-state index is 0.139. The molecule has 0 radical (unpaired) electrons. The van der Waals surface area contributed by atoms with Gasteiger partial charge >= 0.3 is 0 Å². The van der Waals surface area contributed by atoms with Gasteiger partial charge in [0.15, 0.2) is 4.80 Å². The van der Waals surface area contributed by atoms with Crippen LogP contribution in [0.2, 0.25) is 5.02 Å². The smallest absolute Gasteiger partial charge is 0.279 e. The molecule has 3 aromatic carbocycles. The summed E-state index contributed by atoms with van der Waals surface area (Å²) in [7, 11) is -1.96. The molecule has 0 aliphatic rings. The van der Waals surface area contributed by atoms with Gasteiger partial charge in [-0.05, 0) is 42.5 Å². The molecule has 152 valence electrons. The molecule has 1 amide bonds. The Morgan fingerprint density at radius 3 is 2.50 bits per heavy atom. The first-order chi connectivity index (χ1) is 14.3. The van der Waals surface area contributed by atoms with Crippen molar-refractivity contribution in [3.8, 4) is 0 Å². The fraction of sp³-hybridized carbons (Fsp3) is 0.0476. The normalized spacial score (nSPS) is 12.3. The Morgan fingerprint density at radius 1 is 1.03 bits per heavy atom. The average Bonchev–Trinajstić information content (AvgIpc) is 3.05. The van der Waals surface area contributed by atoms with Crippen molar-refractivity contribution in [1.82, 2.24) is 4.57 Å². The first-order valence-electron chi connectivity index (χ1n) is 8.86. The second kappa shape index (κ2) is 8.06. The van der Waals surface area contributed by atoms with E-state index in [2.05, 4.69) is 9.71 Å². The number of anilines is 1. The van der Waals surface area contributed by atoms with Gasteiger partial charge in [-0.15, -0.1) is 0 Å². The largest absolute Gasteiger partial charge is 0.318 e. The number of hydrogen-bond donors (Lipinski definition) is 1. The summed E-state index contributed by atoms with van der Waals surface area (Å²) in [6.45, 7) is 0. The summed E-state index contributed by atoms with van der Waals surface area (Å²) in [5.74, 6) is -0.478. The van der Waals surface area contributed by atoms with E-state index in [0.717, 1.165) is 10.2 Å². The Hall–Kier alpha value is -2.94. The van der Waals surface area contributed by atoms with E-state index in [1.54, 1.807) is 54.1 Å². The van der Waals surface area contributed by atoms with Crippen molar-refractivity contribution in [2.45, 2.75) is 4.90 Å². The Balaban J connectivity index is 1.66. The third-order valence-electron chi connectivity index (χ3n) is 4.39. The molecule has 4 rings (SSSR count). The Kier molecular flexibility index (Phi) is 5.46. The highest BCUT2D eigenvalue weighted by molar-refractivity contribution is 7.92. The molecule has 0 spiro atoms. The Morgan fingerprint density at radius 2 is 1.77 bits per heavy atom. The first-order valence-corrected chi connectivity index (χ1v) is 11.5. The van der Waals surface area contributed by atoms with Gasteiger partial charge in [0.25, 0.3) is 15.9 Å². The lowest BCUT2D eigenvalue weighted by molar-refractivity contribution is 0.0998. The number of thiazole rings is 1. The average molecular weight is 458 g/mol. The van der Waals surface area contributed by atoms with Crippen molar-refractivity contribution < 1.29 is 13.2 Å². The first kappa shape index (κ1) is 20.3. The summed E-state index contributed by atoms with van der Waals surface area (Å²) in [6, 6.07) is 19.8. The lowest BCUT2D eigenvalue weighted by Gasteiger charge is -2.08. The highest BCUT2D eigenvalue weighted by Gasteiger charge is 2.15. The van der Waals surface area contributed by atoms with Crippen molar-refractivity contribution >= 4 is 54.8 Å². The highest BCUT2D eigenvalue weighted by Crippen LogP contribution is 2.24. The molecule has 0 aliphatic heterocycles. The molecule has 9 heteroatoms. The number of aryl methyl sites for hydroxylation is 1. The summed E-state index contributed by atoms with van der Waals surface area (Å²) in [5.41, 5.74) is 1.36. The molecule has 0 bridgehead atoms. The second-order valence-corrected chi connectivity index (χ2v) is 9.55. The summed E-state index contributed by atoms with van der Waals surface area (Å²) in [6.07, 6.45) is 0. The van der Waals surface area contributed by atoms with Crippen molar-refractivity contribution in [1.29, 1.82) is 0 Å². The van der Waals surface area contributed by atoms with Crippen LogP contribution in [0.4, 0.5) is 5.69 Å². The maximum atomic E-state index is 12.7. The SMILES string of the molecule is Cn1c(=NC(=O)c2cccc(NS(=O)(=O)c3ccccc3)c2)sc2cccc(Cl)c21. The van der Waals surface area contributed by atoms with Crippen LogP contribution in [-0.4, -0.2) is 18.9 Å². The molecule has 0 saturated heterocycles. The fourth-order valence-electron chi connectivity index (χ4n) is 2.94. The molecular weight excluding hydrogens is 442 g/mol. The number of hydrogen-bond acceptors (Lipinski definition) is 4. The number of sulfonamides is 1. The predicted octanol–water partition coefficient (Wildman–Crippen LogP) is 4.44. The van der Waals surface area contributed by atoms with Gasteiger partial charge in [-0.1, -0.05) is 53.3 Å². The van der Waals surface area contributed by atoms with Crippen molar-refractivity contribution in [3.63, 3.8) is 0 Å². The molecule has 30 heavy (non-hydrogen) atoms. The zero-order valence-electron chi connectivity index (χ0n) is 15.7. The monoisotopic (exact) mass is 457 g/mol. The van der Waals surface area contributed by atoms with Crippen LogP contribution in [0.3, 0.4) is 0 Å². The summed E-state index contributed by atoms with van der Waals surface area (Å²) in [5, 5.41) is 0.581. The molecule has 0 unspecified atom stereocenters. The van der Waals surface area contributed by atoms with Crippen LogP contribution in [0.5, 0.6) is 0 Å². The fourth-order valence-corrected chi connectivity index (χ4v) is 5.42. The third-order valence-corrected chi connectivity index (χ3v) is 7.19. The van der Waals surface area contributed by atoms with Crippen LogP contribution in [0.1, 0.15) is 10.4 Å². The molecule has 0 atom stereocenters. The van der Waals surface area contributed by atoms with E-state index in [1.807, 2.05) is 12.1 Å². The van der Waals surface area contributed by atoms with Crippen LogP contribution in [-0.2, 0) is 17.1 Å². The number of rotatable bonds is 4. The molecule has 4 aromatic rings. The van der Waals surface area contributed by atoms with Gasteiger partial charge < -0.3 is 4.57 Å². The molecule has 0 saturated carbocycles. The number of aromatic nitrogens is 1. The van der Waals surface area contributed by atoms with Crippen LogP contribution in [0.25, 0.3) is 10.2 Å². The molecular formula is C21H16ClN3O3S2. The molecule has 0 fully saturated rings. The van der Waals surface area contributed by atoms with E-state index in [-0.39, 0.29) is 16.1 Å². The number of amides is 1. The zero-order valence-corrected chi connectivity index (χ0v) is 18.1. The number of carbonyl (C=O) groups is 1. The number of para-hydroxylation sites is 1. The van der Waals surface area contributed by atoms with Gasteiger partial charge in [0.1, 0.15) is 0 Å². The van der Waals surface area contributed by atoms with Gasteiger partial charge in [0.2, 0.25) is 0 Å². The second-order valence-electron chi connectivity index (χ2n) is 6.45. The van der Waals surface area contributed by atoms with Crippen LogP contribution >= 0.6 is 22.9 Å². The number of benzene rings is 3. The highest BCUT2D eigenvalue weighted by atomic mass is 35.5. The molecule has 1 heterocycles. The maximum absolute atomic E-state index is 12.7. The van der Waals surface area contributed by atoms with E-state index in [4.69, 9.17) is 11.6 Å². The van der Waals surface area contributed by atoms with E-state index >= 15 is 0 Å². The van der Waals surface area contributed by atoms with Crippen molar-refractivity contribution in [2.75, 3.05) is 4.72 Å². The Bertz CT molecular complexity index is 1420. The lowest BCUT2D eigenvalue weighted by Crippen LogP contribution is -2.14. The quantitative estimate of drug-likeness (QED) is 0.492. The van der Waals surface area contributed by atoms with Gasteiger partial charge in [-0.3, -0.25) is 9.52 Å². The minimum Gasteiger partial charge on any atom is -0.318 e. The summed E-state index contributed by atoms with van der Waals surface area (Å²) in [4.78, 5) is 17.6. The zero-order chi connectivity index (χ0) is 21.3. The van der Waals surface area contributed by atoms with E-state index < -0.39 is 15.9 Å². The van der Waals surface area contributed by atoms with Crippen molar-refractivity contribution in [2.24, 2.45) is 12.0 Å². The lowest BCUT2D eigenvalue weighted by atomic mass is 10.2. The number of nitrogens with one attached hydrogen (secondary N) is 1. The van der Waals surface area contributed by atoms with Gasteiger partial charge in [-0.2, -0.15) is 4.99 Å². The standard InChI is InChI=1S/C21H16ClN3O3S2/c1-25-19-17(22)11-6-12-18(19)29-21(25)23-20(26)14-7-5-8-15(13-14)24-30(27,28)16-9-3-2-4-10-16/h2-13,24H,1H3. The Labute approximate surface area is 182 Å². The van der Waals surface area contributed by atoms with Gasteiger partial charge in [0, 0.05) is 18.3 Å². The molecule has 6 nitrogen and oxygen atoms in total. The minimum atomic E-state index is -3.75. The molecule has 1 N–H and O–H groups in total. The van der Waals surface area contributed by atoms with E-state index in [1.165, 1.54) is 29.5 Å². The number of nitrogens with zero attached hydrogens (tertiary/aromatic N) is 2. The number of carbonyl (C=O) groups excluding carboxylic acids is 1. The summed E-state index contributed by atoms with van der Waals surface area (Å²) < 4.78 is 30.2. The van der Waals surface area contributed by atoms with Crippen molar-refractivity contribution in [3.05, 3.63) is 88.2 Å². The maximum Gasteiger partial charge on any atom is 0.279 e. The van der Waals surface area contributed by atoms with Crippen LogP contribution in [0, 0.1) is 0 Å².